The lowest BCUT2D eigenvalue weighted by molar-refractivity contribution is 0.265. The molecule has 13 heavy (non-hydrogen) atoms. The second-order valence-electron chi connectivity index (χ2n) is 2.78. The molecule has 1 aromatic carbocycles. The lowest BCUT2D eigenvalue weighted by Crippen LogP contribution is -2.17. The third-order valence-electron chi connectivity index (χ3n) is 1.90. The van der Waals surface area contributed by atoms with Crippen LogP contribution in [-0.2, 0) is 0 Å². The molecular formula is C9H11ClFNO. The molecule has 0 aliphatic carbocycles. The van der Waals surface area contributed by atoms with Crippen molar-refractivity contribution in [3.05, 3.63) is 34.6 Å². The molecule has 0 aliphatic heterocycles. The minimum atomic E-state index is -0.381. The van der Waals surface area contributed by atoms with E-state index >= 15 is 0 Å². The predicted octanol–water partition coefficient (Wildman–Crippen LogP) is 1.51. The third-order valence-corrected chi connectivity index (χ3v) is 2.14. The van der Waals surface area contributed by atoms with Crippen LogP contribution < -0.4 is 5.73 Å². The Balaban J connectivity index is 3.03. The number of hydrogen-bond donors (Lipinski definition) is 2. The molecule has 3 N–H and O–H groups in total. The zero-order chi connectivity index (χ0) is 9.84. The Kier molecular flexibility index (Phi) is 3.66. The van der Waals surface area contributed by atoms with Crippen LogP contribution in [0.3, 0.4) is 0 Å². The summed E-state index contributed by atoms with van der Waals surface area (Å²) in [4.78, 5) is 0. The highest BCUT2D eigenvalue weighted by Crippen LogP contribution is 2.21. The highest BCUT2D eigenvalue weighted by Gasteiger charge is 2.13. The molecule has 2 nitrogen and oxygen atoms in total. The van der Waals surface area contributed by atoms with Gasteiger partial charge in [-0.3, -0.25) is 0 Å². The van der Waals surface area contributed by atoms with Crippen molar-refractivity contribution in [3.63, 3.8) is 0 Å². The third kappa shape index (κ3) is 2.40. The topological polar surface area (TPSA) is 46.2 Å². The molecule has 0 radical (unpaired) electrons. The Labute approximate surface area is 81.1 Å². The van der Waals surface area contributed by atoms with Crippen molar-refractivity contribution in [2.24, 2.45) is 5.73 Å². The quantitative estimate of drug-likeness (QED) is 0.783. The van der Waals surface area contributed by atoms with Gasteiger partial charge in [0.15, 0.2) is 0 Å². The summed E-state index contributed by atoms with van der Waals surface area (Å²) in [5.41, 5.74) is 5.74. The first-order valence-corrected chi connectivity index (χ1v) is 4.32. The Hall–Kier alpha value is -0.640. The Morgan fingerprint density at radius 1 is 1.54 bits per heavy atom. The molecule has 0 aliphatic rings. The lowest BCUT2D eigenvalue weighted by Gasteiger charge is -2.12. The molecule has 0 heterocycles. The summed E-state index contributed by atoms with van der Waals surface area (Å²) in [5.74, 6) is -0.757. The van der Waals surface area contributed by atoms with Crippen LogP contribution in [0.5, 0.6) is 0 Å². The minimum absolute atomic E-state index is 0.173. The van der Waals surface area contributed by atoms with Gasteiger partial charge < -0.3 is 10.8 Å². The van der Waals surface area contributed by atoms with Crippen molar-refractivity contribution in [2.45, 2.75) is 5.92 Å². The highest BCUT2D eigenvalue weighted by atomic mass is 35.5. The number of halogens is 2. The van der Waals surface area contributed by atoms with Gasteiger partial charge in [0.1, 0.15) is 5.82 Å². The maximum absolute atomic E-state index is 13.2. The van der Waals surface area contributed by atoms with Gasteiger partial charge in [0.25, 0.3) is 0 Å². The highest BCUT2D eigenvalue weighted by molar-refractivity contribution is 6.30. The van der Waals surface area contributed by atoms with Gasteiger partial charge >= 0.3 is 0 Å². The van der Waals surface area contributed by atoms with E-state index in [1.54, 1.807) is 0 Å². The SMILES string of the molecule is NCC(CO)c1cc(Cl)ccc1F. The van der Waals surface area contributed by atoms with Gasteiger partial charge in [-0.25, -0.2) is 4.39 Å². The lowest BCUT2D eigenvalue weighted by atomic mass is 10.00. The standard InChI is InChI=1S/C9H11ClFNO/c10-7-1-2-9(11)8(3-7)6(4-12)5-13/h1-3,6,13H,4-5,12H2. The molecule has 0 fully saturated rings. The van der Waals surface area contributed by atoms with E-state index in [2.05, 4.69) is 0 Å². The van der Waals surface area contributed by atoms with Crippen LogP contribution in [0.15, 0.2) is 18.2 Å². The molecule has 1 atom stereocenters. The Bertz CT molecular complexity index is 289. The van der Waals surface area contributed by atoms with E-state index in [-0.39, 0.29) is 24.9 Å². The van der Waals surface area contributed by atoms with E-state index in [4.69, 9.17) is 22.4 Å². The van der Waals surface area contributed by atoms with Crippen molar-refractivity contribution in [1.29, 1.82) is 0 Å². The van der Waals surface area contributed by atoms with Crippen LogP contribution in [0.1, 0.15) is 11.5 Å². The summed E-state index contributed by atoms with van der Waals surface area (Å²) < 4.78 is 13.2. The zero-order valence-corrected chi connectivity index (χ0v) is 7.76. The number of aliphatic hydroxyl groups excluding tert-OH is 1. The second-order valence-corrected chi connectivity index (χ2v) is 3.22. The summed E-state index contributed by atoms with van der Waals surface area (Å²) in [6, 6.07) is 4.23. The van der Waals surface area contributed by atoms with Gasteiger partial charge in [-0.05, 0) is 23.8 Å². The minimum Gasteiger partial charge on any atom is -0.396 e. The predicted molar refractivity (Wildman–Crippen MR) is 50.3 cm³/mol. The summed E-state index contributed by atoms with van der Waals surface area (Å²) in [6.45, 7) is 0.0293. The van der Waals surface area contributed by atoms with Crippen LogP contribution in [-0.4, -0.2) is 18.3 Å². The molecule has 0 amide bonds. The summed E-state index contributed by atoms with van der Waals surface area (Å²) in [5, 5.41) is 9.35. The molecule has 0 bridgehead atoms. The largest absolute Gasteiger partial charge is 0.396 e. The summed E-state index contributed by atoms with van der Waals surface area (Å²) >= 11 is 5.69. The monoisotopic (exact) mass is 203 g/mol. The fraction of sp³-hybridized carbons (Fsp3) is 0.333. The normalized spacial score (nSPS) is 12.9. The molecule has 1 rings (SSSR count). The van der Waals surface area contributed by atoms with E-state index in [0.29, 0.717) is 10.6 Å². The number of aliphatic hydroxyl groups is 1. The zero-order valence-electron chi connectivity index (χ0n) is 7.00. The second kappa shape index (κ2) is 4.56. The molecule has 0 saturated carbocycles. The van der Waals surface area contributed by atoms with Gasteiger partial charge in [-0.15, -0.1) is 0 Å². The summed E-state index contributed by atoms with van der Waals surface area (Å²) in [7, 11) is 0. The Morgan fingerprint density at radius 2 is 2.23 bits per heavy atom. The first-order valence-electron chi connectivity index (χ1n) is 3.95. The smallest absolute Gasteiger partial charge is 0.126 e. The molecule has 72 valence electrons. The summed E-state index contributed by atoms with van der Waals surface area (Å²) in [6.07, 6.45) is 0. The Morgan fingerprint density at radius 3 is 2.77 bits per heavy atom. The van der Waals surface area contributed by atoms with Gasteiger partial charge in [-0.2, -0.15) is 0 Å². The average Bonchev–Trinajstić information content (AvgIpc) is 2.13. The van der Waals surface area contributed by atoms with Crippen molar-refractivity contribution in [2.75, 3.05) is 13.2 Å². The van der Waals surface area contributed by atoms with Crippen LogP contribution >= 0.6 is 11.6 Å². The van der Waals surface area contributed by atoms with E-state index in [0.717, 1.165) is 0 Å². The van der Waals surface area contributed by atoms with E-state index in [1.165, 1.54) is 18.2 Å². The molecule has 4 heteroatoms. The number of benzene rings is 1. The molecule has 1 aromatic rings. The van der Waals surface area contributed by atoms with Crippen LogP contribution in [0.2, 0.25) is 5.02 Å². The molecule has 0 saturated heterocycles. The maximum Gasteiger partial charge on any atom is 0.126 e. The fourth-order valence-electron chi connectivity index (χ4n) is 1.13. The first kappa shape index (κ1) is 10.4. The van der Waals surface area contributed by atoms with E-state index in [1.807, 2.05) is 0 Å². The molecule has 0 spiro atoms. The van der Waals surface area contributed by atoms with Crippen molar-refractivity contribution in [1.82, 2.24) is 0 Å². The maximum atomic E-state index is 13.2. The van der Waals surface area contributed by atoms with Crippen molar-refractivity contribution < 1.29 is 9.50 Å². The van der Waals surface area contributed by atoms with Crippen molar-refractivity contribution >= 4 is 11.6 Å². The van der Waals surface area contributed by atoms with Crippen molar-refractivity contribution in [3.8, 4) is 0 Å². The molecule has 0 aromatic heterocycles. The fourth-order valence-corrected chi connectivity index (χ4v) is 1.31. The van der Waals surface area contributed by atoms with E-state index in [9.17, 15) is 4.39 Å². The number of hydrogen-bond acceptors (Lipinski definition) is 2. The van der Waals surface area contributed by atoms with Gasteiger partial charge in [-0.1, -0.05) is 11.6 Å². The number of nitrogens with two attached hydrogens (primary N) is 1. The van der Waals surface area contributed by atoms with Crippen LogP contribution in [0, 0.1) is 5.82 Å². The van der Waals surface area contributed by atoms with Crippen LogP contribution in [0.25, 0.3) is 0 Å². The molecule has 1 unspecified atom stereocenters. The van der Waals surface area contributed by atoms with E-state index < -0.39 is 0 Å². The average molecular weight is 204 g/mol. The van der Waals surface area contributed by atoms with Crippen LogP contribution in [0.4, 0.5) is 4.39 Å². The van der Waals surface area contributed by atoms with Gasteiger partial charge in [0.2, 0.25) is 0 Å². The number of rotatable bonds is 3. The molecular weight excluding hydrogens is 193 g/mol. The van der Waals surface area contributed by atoms with Gasteiger partial charge in [0.05, 0.1) is 6.61 Å². The van der Waals surface area contributed by atoms with Gasteiger partial charge in [0, 0.05) is 17.5 Å². The first-order chi connectivity index (χ1) is 6.19.